The Hall–Kier alpha value is -0.570. The van der Waals surface area contributed by atoms with E-state index in [2.05, 4.69) is 13.8 Å². The van der Waals surface area contributed by atoms with Gasteiger partial charge in [-0.05, 0) is 30.6 Å². The molecule has 2 bridgehead atoms. The Morgan fingerprint density at radius 1 is 1.47 bits per heavy atom. The van der Waals surface area contributed by atoms with Crippen molar-refractivity contribution in [2.45, 2.75) is 52.1 Å². The summed E-state index contributed by atoms with van der Waals surface area (Å²) in [4.78, 5) is 10.7. The maximum Gasteiger partial charge on any atom is 0.0761 e. The highest BCUT2D eigenvalue weighted by Crippen LogP contribution is 2.70. The predicted molar refractivity (Wildman–Crippen MR) is 53.8 cm³/mol. The molecule has 1 N–H and O–H groups in total. The van der Waals surface area contributed by atoms with Crippen molar-refractivity contribution in [3.05, 3.63) is 0 Å². The molecule has 86 valence electrons. The number of aliphatic carboxylic acids is 1. The van der Waals surface area contributed by atoms with Crippen LogP contribution in [-0.4, -0.2) is 16.7 Å². The first kappa shape index (κ1) is 10.9. The second-order valence-corrected chi connectivity index (χ2v) is 6.07. The van der Waals surface area contributed by atoms with Gasteiger partial charge in [0.1, 0.15) is 0 Å². The Labute approximate surface area is 90.5 Å². The Balaban J connectivity index is 2.36. The van der Waals surface area contributed by atoms with Crippen LogP contribution >= 0.6 is 0 Å². The van der Waals surface area contributed by atoms with Crippen LogP contribution in [0.1, 0.15) is 46.5 Å². The molecule has 0 aromatic rings. The van der Waals surface area contributed by atoms with Gasteiger partial charge in [0, 0.05) is 17.8 Å². The quantitative estimate of drug-likeness (QED) is 0.731. The fraction of sp³-hybridized carbons (Fsp3) is 0.917. The number of hydrogen-bond donors (Lipinski definition) is 1. The Morgan fingerprint density at radius 2 is 2.07 bits per heavy atom. The van der Waals surface area contributed by atoms with E-state index in [1.165, 1.54) is 0 Å². The largest absolute Gasteiger partial charge is 0.550 e. The zero-order valence-electron chi connectivity index (χ0n) is 9.67. The Morgan fingerprint density at radius 3 is 2.40 bits per heavy atom. The second kappa shape index (κ2) is 2.76. The molecule has 0 amide bonds. The molecule has 0 aromatic heterocycles. The molecule has 0 saturated heterocycles. The lowest BCUT2D eigenvalue weighted by Crippen LogP contribution is -2.50. The van der Waals surface area contributed by atoms with E-state index in [4.69, 9.17) is 0 Å². The van der Waals surface area contributed by atoms with E-state index < -0.39 is 11.6 Å². The molecule has 0 unspecified atom stereocenters. The van der Waals surface area contributed by atoms with E-state index in [1.807, 2.05) is 6.92 Å². The molecular weight excluding hydrogens is 192 g/mol. The first-order valence-electron chi connectivity index (χ1n) is 5.65. The standard InChI is InChI=1S/C12H20O3/c1-10(2)8-4-5-11(10,3)12(15,6-8)7-9(13)14/h8,15H,4-7H2,1-3H3,(H,13,14)/p-1/t8-,11-,12-/m0/s1. The van der Waals surface area contributed by atoms with Crippen LogP contribution in [0.2, 0.25) is 0 Å². The minimum atomic E-state index is -1.14. The fourth-order valence-electron chi connectivity index (χ4n) is 3.92. The summed E-state index contributed by atoms with van der Waals surface area (Å²) in [6, 6.07) is 0. The average Bonchev–Trinajstić information content (AvgIpc) is 2.34. The van der Waals surface area contributed by atoms with E-state index in [0.717, 1.165) is 12.8 Å². The number of rotatable bonds is 2. The SMILES string of the molecule is CC1(C)[C@H]2CC[C@]1(C)[C@@](O)(CC(=O)[O-])C2. The minimum Gasteiger partial charge on any atom is -0.550 e. The van der Waals surface area contributed by atoms with Gasteiger partial charge in [0.15, 0.2) is 0 Å². The van der Waals surface area contributed by atoms with E-state index in [1.54, 1.807) is 0 Å². The summed E-state index contributed by atoms with van der Waals surface area (Å²) in [6.07, 6.45) is 2.43. The molecule has 3 nitrogen and oxygen atoms in total. The maximum atomic E-state index is 10.7. The number of carboxylic acid groups (broad SMARTS) is 1. The van der Waals surface area contributed by atoms with Gasteiger partial charge in [0.05, 0.1) is 5.60 Å². The van der Waals surface area contributed by atoms with Crippen LogP contribution in [0.3, 0.4) is 0 Å². The Bertz CT molecular complexity index is 310. The third kappa shape index (κ3) is 1.13. The van der Waals surface area contributed by atoms with Gasteiger partial charge in [-0.1, -0.05) is 20.8 Å². The van der Waals surface area contributed by atoms with Gasteiger partial charge in [-0.25, -0.2) is 0 Å². The van der Waals surface area contributed by atoms with Crippen LogP contribution in [0, 0.1) is 16.7 Å². The van der Waals surface area contributed by atoms with Crippen LogP contribution in [0.25, 0.3) is 0 Å². The summed E-state index contributed by atoms with van der Waals surface area (Å²) >= 11 is 0. The zero-order chi connectivity index (χ0) is 11.5. The lowest BCUT2D eigenvalue weighted by molar-refractivity contribution is -0.311. The fourth-order valence-corrected chi connectivity index (χ4v) is 3.92. The van der Waals surface area contributed by atoms with E-state index in [0.29, 0.717) is 12.3 Å². The molecule has 3 heteroatoms. The smallest absolute Gasteiger partial charge is 0.0761 e. The van der Waals surface area contributed by atoms with Crippen molar-refractivity contribution in [2.24, 2.45) is 16.7 Å². The Kier molecular flexibility index (Phi) is 2.01. The van der Waals surface area contributed by atoms with Gasteiger partial charge in [-0.3, -0.25) is 0 Å². The van der Waals surface area contributed by atoms with Gasteiger partial charge in [0.2, 0.25) is 0 Å². The molecule has 0 spiro atoms. The molecule has 2 aliphatic rings. The molecule has 2 fully saturated rings. The third-order valence-electron chi connectivity index (χ3n) is 5.48. The summed E-state index contributed by atoms with van der Waals surface area (Å²) in [6.45, 7) is 6.33. The van der Waals surface area contributed by atoms with Crippen molar-refractivity contribution in [1.29, 1.82) is 0 Å². The van der Waals surface area contributed by atoms with Crippen LogP contribution < -0.4 is 5.11 Å². The van der Waals surface area contributed by atoms with Crippen molar-refractivity contribution in [2.75, 3.05) is 0 Å². The van der Waals surface area contributed by atoms with Crippen molar-refractivity contribution >= 4 is 5.97 Å². The van der Waals surface area contributed by atoms with Crippen molar-refractivity contribution in [1.82, 2.24) is 0 Å². The van der Waals surface area contributed by atoms with Gasteiger partial charge < -0.3 is 15.0 Å². The van der Waals surface area contributed by atoms with Crippen LogP contribution in [-0.2, 0) is 4.79 Å². The van der Waals surface area contributed by atoms with Crippen molar-refractivity contribution in [3.8, 4) is 0 Å². The van der Waals surface area contributed by atoms with Crippen LogP contribution in [0.15, 0.2) is 0 Å². The second-order valence-electron chi connectivity index (χ2n) is 6.07. The van der Waals surface area contributed by atoms with Gasteiger partial charge in [-0.15, -0.1) is 0 Å². The number of carbonyl (C=O) groups excluding carboxylic acids is 1. The molecule has 2 saturated carbocycles. The van der Waals surface area contributed by atoms with Gasteiger partial charge in [0.25, 0.3) is 0 Å². The van der Waals surface area contributed by atoms with E-state index >= 15 is 0 Å². The number of aliphatic hydroxyl groups is 1. The molecule has 0 radical (unpaired) electrons. The molecule has 0 aliphatic heterocycles. The number of hydrogen-bond acceptors (Lipinski definition) is 3. The first-order valence-corrected chi connectivity index (χ1v) is 5.65. The monoisotopic (exact) mass is 211 g/mol. The average molecular weight is 211 g/mol. The predicted octanol–water partition coefficient (Wildman–Crippen LogP) is 0.704. The normalized spacial score (nSPS) is 47.1. The van der Waals surface area contributed by atoms with E-state index in [9.17, 15) is 15.0 Å². The maximum absolute atomic E-state index is 10.7. The first-order chi connectivity index (χ1) is 6.73. The highest BCUT2D eigenvalue weighted by Gasteiger charge is 2.67. The molecule has 3 atom stereocenters. The zero-order valence-corrected chi connectivity index (χ0v) is 9.67. The third-order valence-corrected chi connectivity index (χ3v) is 5.48. The summed E-state index contributed by atoms with van der Waals surface area (Å²) < 4.78 is 0. The molecule has 0 heterocycles. The summed E-state index contributed by atoms with van der Waals surface area (Å²) in [7, 11) is 0. The van der Waals surface area contributed by atoms with Crippen LogP contribution in [0.4, 0.5) is 0 Å². The number of carboxylic acids is 1. The molecule has 2 aliphatic carbocycles. The van der Waals surface area contributed by atoms with Crippen LogP contribution in [0.5, 0.6) is 0 Å². The summed E-state index contributed by atoms with van der Waals surface area (Å²) in [5.41, 5.74) is -1.29. The highest BCUT2D eigenvalue weighted by molar-refractivity contribution is 5.66. The van der Waals surface area contributed by atoms with Crippen molar-refractivity contribution in [3.63, 3.8) is 0 Å². The summed E-state index contributed by atoms with van der Waals surface area (Å²) in [5.74, 6) is -0.686. The summed E-state index contributed by atoms with van der Waals surface area (Å²) in [5, 5.41) is 21.2. The van der Waals surface area contributed by atoms with E-state index in [-0.39, 0.29) is 17.3 Å². The molecule has 2 rings (SSSR count). The van der Waals surface area contributed by atoms with Crippen molar-refractivity contribution < 1.29 is 15.0 Å². The molecule has 15 heavy (non-hydrogen) atoms. The van der Waals surface area contributed by atoms with Gasteiger partial charge in [-0.2, -0.15) is 0 Å². The minimum absolute atomic E-state index is 0.0389. The highest BCUT2D eigenvalue weighted by atomic mass is 16.4. The lowest BCUT2D eigenvalue weighted by Gasteiger charge is -2.45. The molecular formula is C12H19O3-. The van der Waals surface area contributed by atoms with Gasteiger partial charge >= 0.3 is 0 Å². The number of carbonyl (C=O) groups is 1. The number of fused-ring (bicyclic) bond motifs is 2. The molecule has 0 aromatic carbocycles. The lowest BCUT2D eigenvalue weighted by atomic mass is 9.63. The topological polar surface area (TPSA) is 60.4 Å².